The van der Waals surface area contributed by atoms with Gasteiger partial charge in [0.15, 0.2) is 0 Å². The number of nitrogen functional groups attached to an aromatic ring is 1. The van der Waals surface area contributed by atoms with Crippen molar-refractivity contribution in [3.63, 3.8) is 0 Å². The van der Waals surface area contributed by atoms with Gasteiger partial charge in [0.05, 0.1) is 11.9 Å². The molecule has 2 rings (SSSR count). The minimum Gasteiger partial charge on any atom is -0.384 e. The first-order valence-electron chi connectivity index (χ1n) is 9.33. The van der Waals surface area contributed by atoms with Gasteiger partial charge >= 0.3 is 5.69 Å². The van der Waals surface area contributed by atoms with E-state index in [4.69, 9.17) is 15.2 Å². The van der Waals surface area contributed by atoms with Gasteiger partial charge in [0.2, 0.25) is 0 Å². The van der Waals surface area contributed by atoms with Crippen molar-refractivity contribution in [3.05, 3.63) is 22.7 Å². The number of anilines is 1. The van der Waals surface area contributed by atoms with Crippen molar-refractivity contribution in [1.82, 2.24) is 9.55 Å². The van der Waals surface area contributed by atoms with Gasteiger partial charge in [-0.05, 0) is 25.8 Å². The molecule has 1 aromatic rings. The van der Waals surface area contributed by atoms with Crippen molar-refractivity contribution < 1.29 is 14.6 Å². The number of aromatic nitrogens is 2. The second-order valence-electron chi connectivity index (χ2n) is 6.87. The number of rotatable bonds is 10. The summed E-state index contributed by atoms with van der Waals surface area (Å²) in [7, 11) is 0. The number of nitrogens with two attached hydrogens (primary N) is 1. The van der Waals surface area contributed by atoms with E-state index in [1.807, 2.05) is 0 Å². The molecule has 0 saturated carbocycles. The van der Waals surface area contributed by atoms with E-state index in [-0.39, 0.29) is 11.1 Å². The van der Waals surface area contributed by atoms with Crippen molar-refractivity contribution in [2.45, 2.75) is 68.8 Å². The van der Waals surface area contributed by atoms with Gasteiger partial charge in [0.25, 0.3) is 0 Å². The van der Waals surface area contributed by atoms with Crippen LogP contribution in [0.2, 0.25) is 0 Å². The summed E-state index contributed by atoms with van der Waals surface area (Å²) in [6, 6.07) is 1.57. The minimum atomic E-state index is -1.22. The van der Waals surface area contributed by atoms with Crippen LogP contribution in [0.3, 0.4) is 0 Å². The molecule has 1 saturated heterocycles. The van der Waals surface area contributed by atoms with Crippen LogP contribution in [0.5, 0.6) is 0 Å². The lowest BCUT2D eigenvalue weighted by Crippen LogP contribution is -2.48. The van der Waals surface area contributed by atoms with E-state index in [1.165, 1.54) is 16.3 Å². The molecule has 0 radical (unpaired) electrons. The number of ether oxygens (including phenoxy) is 2. The molecule has 3 N–H and O–H groups in total. The molecule has 0 aromatic carbocycles. The predicted molar refractivity (Wildman–Crippen MR) is 104 cm³/mol. The van der Waals surface area contributed by atoms with E-state index in [0.29, 0.717) is 19.8 Å². The van der Waals surface area contributed by atoms with Crippen molar-refractivity contribution in [2.24, 2.45) is 0 Å². The molecule has 0 bridgehead atoms. The number of nitrogens with zero attached hydrogens (tertiary/aromatic N) is 2. The second kappa shape index (κ2) is 9.73. The lowest BCUT2D eigenvalue weighted by Gasteiger charge is -2.32. The first-order valence-corrected chi connectivity index (χ1v) is 10.3. The highest BCUT2D eigenvalue weighted by Gasteiger charge is 2.54. The second-order valence-corrected chi connectivity index (χ2v) is 8.19. The zero-order valence-corrected chi connectivity index (χ0v) is 16.7. The molecule has 7 nitrogen and oxygen atoms in total. The molecule has 26 heavy (non-hydrogen) atoms. The average molecular weight is 386 g/mol. The van der Waals surface area contributed by atoms with Crippen LogP contribution < -0.4 is 11.4 Å². The molecule has 1 aromatic heterocycles. The SMILES string of the molecule is CCCCOC[C@H]1SC(n2ccc(N)nc2=O)[C@@](C)(O)[C@@H]1OCCCC. The summed E-state index contributed by atoms with van der Waals surface area (Å²) >= 11 is 1.50. The molecule has 148 valence electrons. The Morgan fingerprint density at radius 3 is 2.69 bits per heavy atom. The summed E-state index contributed by atoms with van der Waals surface area (Å²) in [4.78, 5) is 16.0. The molecule has 0 amide bonds. The van der Waals surface area contributed by atoms with Gasteiger partial charge in [-0.1, -0.05) is 26.7 Å². The number of thioether (sulfide) groups is 1. The van der Waals surface area contributed by atoms with E-state index in [9.17, 15) is 9.90 Å². The van der Waals surface area contributed by atoms with Gasteiger partial charge in [0, 0.05) is 19.4 Å². The summed E-state index contributed by atoms with van der Waals surface area (Å²) in [5.74, 6) is 0.170. The maximum Gasteiger partial charge on any atom is 0.350 e. The highest BCUT2D eigenvalue weighted by molar-refractivity contribution is 8.00. The fourth-order valence-electron chi connectivity index (χ4n) is 3.05. The third kappa shape index (κ3) is 5.00. The van der Waals surface area contributed by atoms with Crippen LogP contribution in [0.25, 0.3) is 0 Å². The van der Waals surface area contributed by atoms with Crippen molar-refractivity contribution in [1.29, 1.82) is 0 Å². The average Bonchev–Trinajstić information content (AvgIpc) is 2.83. The quantitative estimate of drug-likeness (QED) is 0.596. The maximum absolute atomic E-state index is 12.3. The van der Waals surface area contributed by atoms with Crippen molar-refractivity contribution in [2.75, 3.05) is 25.6 Å². The van der Waals surface area contributed by atoms with Crippen molar-refractivity contribution in [3.8, 4) is 0 Å². The predicted octanol–water partition coefficient (Wildman–Crippen LogP) is 2.19. The summed E-state index contributed by atoms with van der Waals surface area (Å²) < 4.78 is 13.3. The Morgan fingerprint density at radius 1 is 1.35 bits per heavy atom. The van der Waals surface area contributed by atoms with Crippen LogP contribution in [0, 0.1) is 0 Å². The van der Waals surface area contributed by atoms with E-state index in [2.05, 4.69) is 18.8 Å². The van der Waals surface area contributed by atoms with Crippen LogP contribution >= 0.6 is 11.8 Å². The molecule has 0 spiro atoms. The van der Waals surface area contributed by atoms with Gasteiger partial charge in [-0.15, -0.1) is 11.8 Å². The van der Waals surface area contributed by atoms with Crippen LogP contribution in [0.4, 0.5) is 5.82 Å². The normalized spacial score (nSPS) is 28.5. The maximum atomic E-state index is 12.3. The van der Waals surface area contributed by atoms with Crippen LogP contribution in [-0.2, 0) is 9.47 Å². The van der Waals surface area contributed by atoms with E-state index in [1.54, 1.807) is 19.2 Å². The van der Waals surface area contributed by atoms with Gasteiger partial charge in [0.1, 0.15) is 22.9 Å². The number of hydrogen-bond acceptors (Lipinski definition) is 7. The Hall–Kier alpha value is -1.09. The topological polar surface area (TPSA) is 99.6 Å². The molecule has 1 aliphatic rings. The molecule has 0 aliphatic carbocycles. The lowest BCUT2D eigenvalue weighted by molar-refractivity contribution is -0.106. The Kier molecular flexibility index (Phi) is 7.94. The first-order chi connectivity index (χ1) is 12.4. The van der Waals surface area contributed by atoms with E-state index >= 15 is 0 Å². The summed E-state index contributed by atoms with van der Waals surface area (Å²) in [5.41, 5.74) is 3.89. The first kappa shape index (κ1) is 21.2. The Bertz CT molecular complexity index is 623. The minimum absolute atomic E-state index is 0.0619. The monoisotopic (exact) mass is 385 g/mol. The zero-order chi connectivity index (χ0) is 19.2. The molecule has 2 heterocycles. The van der Waals surface area contributed by atoms with Gasteiger partial charge < -0.3 is 20.3 Å². The molecule has 1 unspecified atom stereocenters. The van der Waals surface area contributed by atoms with Crippen LogP contribution in [0.1, 0.15) is 51.8 Å². The van der Waals surface area contributed by atoms with E-state index < -0.39 is 22.8 Å². The smallest absolute Gasteiger partial charge is 0.350 e. The van der Waals surface area contributed by atoms with Gasteiger partial charge in [-0.25, -0.2) is 4.79 Å². The Labute approximate surface area is 159 Å². The molecular weight excluding hydrogens is 354 g/mol. The fraction of sp³-hybridized carbons (Fsp3) is 0.778. The summed E-state index contributed by atoms with van der Waals surface area (Å²) in [6.45, 7) is 7.67. The zero-order valence-electron chi connectivity index (χ0n) is 15.9. The number of unbranched alkanes of at least 4 members (excludes halogenated alkanes) is 2. The fourth-order valence-corrected chi connectivity index (χ4v) is 4.75. The number of aliphatic hydroxyl groups is 1. The standard InChI is InChI=1S/C18H31N3O4S/c1-4-6-10-24-12-13-15(25-11-7-5-2)18(3,23)16(26-13)21-9-8-14(19)20-17(21)22/h8-9,13,15-16,23H,4-7,10-12H2,1-3H3,(H2,19,20,22)/t13-,15-,16?,18+/m1/s1. The third-order valence-corrected chi connectivity index (χ3v) is 6.24. The highest BCUT2D eigenvalue weighted by atomic mass is 32.2. The van der Waals surface area contributed by atoms with Gasteiger partial charge in [-0.2, -0.15) is 4.98 Å². The van der Waals surface area contributed by atoms with E-state index in [0.717, 1.165) is 25.7 Å². The number of hydrogen-bond donors (Lipinski definition) is 2. The van der Waals surface area contributed by atoms with Gasteiger partial charge in [-0.3, -0.25) is 4.57 Å². The Morgan fingerprint density at radius 2 is 2.04 bits per heavy atom. The lowest BCUT2D eigenvalue weighted by atomic mass is 9.96. The van der Waals surface area contributed by atoms with Crippen LogP contribution in [0.15, 0.2) is 17.1 Å². The molecular formula is C18H31N3O4S. The molecule has 1 fully saturated rings. The summed E-state index contributed by atoms with van der Waals surface area (Å²) in [6.07, 6.45) is 5.18. The molecule has 4 atom stereocenters. The Balaban J connectivity index is 2.19. The highest BCUT2D eigenvalue weighted by Crippen LogP contribution is 2.49. The molecule has 1 aliphatic heterocycles. The largest absolute Gasteiger partial charge is 0.384 e. The molecule has 8 heteroatoms. The van der Waals surface area contributed by atoms with Crippen molar-refractivity contribution >= 4 is 17.6 Å². The summed E-state index contributed by atoms with van der Waals surface area (Å²) in [5, 5.41) is 10.6. The third-order valence-electron chi connectivity index (χ3n) is 4.54. The van der Waals surface area contributed by atoms with Crippen LogP contribution in [-0.4, -0.2) is 51.4 Å².